The van der Waals surface area contributed by atoms with Gasteiger partial charge in [0.15, 0.2) is 0 Å². The van der Waals surface area contributed by atoms with Gasteiger partial charge in [0.1, 0.15) is 11.5 Å². The summed E-state index contributed by atoms with van der Waals surface area (Å²) in [6, 6.07) is 13.4. The van der Waals surface area contributed by atoms with E-state index in [1.165, 1.54) is 4.90 Å². The lowest BCUT2D eigenvalue weighted by Crippen LogP contribution is -2.45. The molecule has 0 radical (unpaired) electrons. The number of amides is 4. The summed E-state index contributed by atoms with van der Waals surface area (Å²) in [5.41, 5.74) is 2.49. The van der Waals surface area contributed by atoms with Crippen LogP contribution in [0.4, 0.5) is 10.5 Å². The monoisotopic (exact) mass is 450 g/mol. The molecule has 0 saturated carbocycles. The first-order valence-corrected chi connectivity index (χ1v) is 10.6. The minimum absolute atomic E-state index is 0.128. The minimum Gasteiger partial charge on any atom is -0.497 e. The fourth-order valence-corrected chi connectivity index (χ4v) is 4.08. The van der Waals surface area contributed by atoms with Gasteiger partial charge in [-0.3, -0.25) is 14.5 Å². The second kappa shape index (κ2) is 9.23. The maximum atomic E-state index is 13.3. The molecule has 4 rings (SSSR count). The normalized spacial score (nSPS) is 17.6. The van der Waals surface area contributed by atoms with Crippen molar-refractivity contribution in [1.29, 1.82) is 0 Å². The molecule has 9 heteroatoms. The number of methoxy groups -OCH3 is 2. The van der Waals surface area contributed by atoms with Gasteiger partial charge in [0.05, 0.1) is 38.1 Å². The van der Waals surface area contributed by atoms with E-state index < -0.39 is 6.04 Å². The molecule has 2 aliphatic heterocycles. The zero-order valence-corrected chi connectivity index (χ0v) is 18.8. The maximum Gasteiger partial charge on any atom is 0.322 e. The molecule has 9 nitrogen and oxygen atoms in total. The van der Waals surface area contributed by atoms with E-state index in [9.17, 15) is 14.4 Å². The average molecular weight is 450 g/mol. The molecule has 0 spiro atoms. The van der Waals surface area contributed by atoms with Crippen LogP contribution in [0.2, 0.25) is 0 Å². The molecule has 2 aromatic rings. The van der Waals surface area contributed by atoms with E-state index in [2.05, 4.69) is 10.6 Å². The number of hydrogen-bond donors (Lipinski definition) is 2. The summed E-state index contributed by atoms with van der Waals surface area (Å²) in [6.07, 6.45) is 0.128. The second-order valence-corrected chi connectivity index (χ2v) is 7.80. The number of hydrogen-bond acceptors (Lipinski definition) is 5. The van der Waals surface area contributed by atoms with Crippen LogP contribution in [-0.4, -0.2) is 62.0 Å². The number of urea groups is 1. The summed E-state index contributed by atoms with van der Waals surface area (Å²) in [7, 11) is 4.76. The fourth-order valence-electron chi connectivity index (χ4n) is 4.08. The standard InChI is InChI=1S/C24H26N4O5/c1-27-18-14-28(13-12-20(29)25-15-8-10-16(32-2)11-9-15)23(30)21(18)22(26-24(27)31)17-6-4-5-7-19(17)33-3/h4-11,22H,12-14H2,1-3H3,(H,25,29)(H,26,31)/t22-/m1/s1. The molecule has 2 heterocycles. The largest absolute Gasteiger partial charge is 0.497 e. The number of nitrogens with one attached hydrogen (secondary N) is 2. The third-order valence-corrected chi connectivity index (χ3v) is 5.87. The Morgan fingerprint density at radius 3 is 2.52 bits per heavy atom. The molecule has 2 aromatic carbocycles. The van der Waals surface area contributed by atoms with Gasteiger partial charge in [-0.25, -0.2) is 4.79 Å². The third-order valence-electron chi connectivity index (χ3n) is 5.87. The molecule has 2 aliphatic rings. The molecule has 172 valence electrons. The van der Waals surface area contributed by atoms with Crippen molar-refractivity contribution >= 4 is 23.5 Å². The Bertz CT molecular complexity index is 1110. The molecule has 0 aromatic heterocycles. The zero-order valence-electron chi connectivity index (χ0n) is 18.8. The van der Waals surface area contributed by atoms with E-state index in [1.807, 2.05) is 18.2 Å². The Kier molecular flexibility index (Phi) is 6.21. The van der Waals surface area contributed by atoms with Crippen LogP contribution >= 0.6 is 0 Å². The van der Waals surface area contributed by atoms with Crippen LogP contribution in [0.5, 0.6) is 11.5 Å². The first-order chi connectivity index (χ1) is 15.9. The van der Waals surface area contributed by atoms with Crippen molar-refractivity contribution in [2.24, 2.45) is 0 Å². The number of ether oxygens (including phenoxy) is 2. The highest BCUT2D eigenvalue weighted by molar-refractivity contribution is 6.02. The number of carbonyl (C=O) groups is 3. The zero-order chi connectivity index (χ0) is 23.5. The molecular weight excluding hydrogens is 424 g/mol. The minimum atomic E-state index is -0.620. The summed E-state index contributed by atoms with van der Waals surface area (Å²) < 4.78 is 10.6. The van der Waals surface area contributed by atoms with Crippen LogP contribution in [0.1, 0.15) is 18.0 Å². The van der Waals surface area contributed by atoms with Gasteiger partial charge >= 0.3 is 6.03 Å². The van der Waals surface area contributed by atoms with E-state index in [1.54, 1.807) is 56.5 Å². The number of likely N-dealkylation sites (N-methyl/N-ethyl adjacent to an activating group) is 1. The van der Waals surface area contributed by atoms with Gasteiger partial charge < -0.3 is 25.0 Å². The lowest BCUT2D eigenvalue weighted by atomic mass is 9.95. The number of nitrogens with zero attached hydrogens (tertiary/aromatic N) is 2. The van der Waals surface area contributed by atoms with Crippen LogP contribution in [-0.2, 0) is 9.59 Å². The van der Waals surface area contributed by atoms with Crippen molar-refractivity contribution < 1.29 is 23.9 Å². The Balaban J connectivity index is 1.47. The van der Waals surface area contributed by atoms with Gasteiger partial charge in [0.2, 0.25) is 5.91 Å². The van der Waals surface area contributed by atoms with Crippen LogP contribution in [0.3, 0.4) is 0 Å². The highest BCUT2D eigenvalue weighted by Gasteiger charge is 2.43. The molecule has 0 fully saturated rings. The Morgan fingerprint density at radius 1 is 1.09 bits per heavy atom. The van der Waals surface area contributed by atoms with Crippen molar-refractivity contribution in [2.75, 3.05) is 39.7 Å². The molecule has 0 saturated heterocycles. The fraction of sp³-hybridized carbons (Fsp3) is 0.292. The molecular formula is C24H26N4O5. The SMILES string of the molecule is COc1ccc(NC(=O)CCN2CC3=C(C2=O)[C@@H](c2ccccc2OC)NC(=O)N3C)cc1. The summed E-state index contributed by atoms with van der Waals surface area (Å²) >= 11 is 0. The van der Waals surface area contributed by atoms with Gasteiger partial charge in [-0.2, -0.15) is 0 Å². The van der Waals surface area contributed by atoms with Crippen molar-refractivity contribution in [2.45, 2.75) is 12.5 Å². The number of rotatable bonds is 7. The van der Waals surface area contributed by atoms with Crippen molar-refractivity contribution in [3.05, 3.63) is 65.4 Å². The number of para-hydroxylation sites is 1. The molecule has 1 atom stereocenters. The highest BCUT2D eigenvalue weighted by atomic mass is 16.5. The predicted octanol–water partition coefficient (Wildman–Crippen LogP) is 2.53. The quantitative estimate of drug-likeness (QED) is 0.675. The Hall–Kier alpha value is -4.01. The van der Waals surface area contributed by atoms with Crippen LogP contribution in [0.25, 0.3) is 0 Å². The topological polar surface area (TPSA) is 100 Å². The van der Waals surface area contributed by atoms with Gasteiger partial charge in [-0.1, -0.05) is 18.2 Å². The molecule has 0 unspecified atom stereocenters. The summed E-state index contributed by atoms with van der Waals surface area (Å²) in [5, 5.41) is 5.72. The first kappa shape index (κ1) is 22.2. The highest BCUT2D eigenvalue weighted by Crippen LogP contribution is 2.38. The van der Waals surface area contributed by atoms with Gasteiger partial charge in [0.25, 0.3) is 5.91 Å². The first-order valence-electron chi connectivity index (χ1n) is 10.6. The van der Waals surface area contributed by atoms with E-state index in [4.69, 9.17) is 9.47 Å². The van der Waals surface area contributed by atoms with Gasteiger partial charge in [-0.05, 0) is 30.3 Å². The maximum absolute atomic E-state index is 13.3. The summed E-state index contributed by atoms with van der Waals surface area (Å²) in [6.45, 7) is 0.494. The van der Waals surface area contributed by atoms with Crippen molar-refractivity contribution in [3.63, 3.8) is 0 Å². The van der Waals surface area contributed by atoms with E-state index in [0.29, 0.717) is 34.0 Å². The van der Waals surface area contributed by atoms with E-state index >= 15 is 0 Å². The smallest absolute Gasteiger partial charge is 0.322 e. The van der Waals surface area contributed by atoms with Crippen LogP contribution < -0.4 is 20.1 Å². The Labute approximate surface area is 191 Å². The van der Waals surface area contributed by atoms with Crippen LogP contribution in [0, 0.1) is 0 Å². The summed E-state index contributed by atoms with van der Waals surface area (Å²) in [4.78, 5) is 41.4. The molecule has 0 bridgehead atoms. The number of anilines is 1. The number of benzene rings is 2. The van der Waals surface area contributed by atoms with Gasteiger partial charge in [0, 0.05) is 31.3 Å². The van der Waals surface area contributed by atoms with Crippen LogP contribution in [0.15, 0.2) is 59.8 Å². The molecule has 33 heavy (non-hydrogen) atoms. The Morgan fingerprint density at radius 2 is 1.82 bits per heavy atom. The van der Waals surface area contributed by atoms with E-state index in [0.717, 1.165) is 0 Å². The second-order valence-electron chi connectivity index (χ2n) is 7.80. The summed E-state index contributed by atoms with van der Waals surface area (Å²) in [5.74, 6) is 0.875. The lowest BCUT2D eigenvalue weighted by molar-refractivity contribution is -0.126. The van der Waals surface area contributed by atoms with Crippen molar-refractivity contribution in [1.82, 2.24) is 15.1 Å². The lowest BCUT2D eigenvalue weighted by Gasteiger charge is -2.31. The average Bonchev–Trinajstić information content (AvgIpc) is 3.17. The molecule has 2 N–H and O–H groups in total. The van der Waals surface area contributed by atoms with Gasteiger partial charge in [-0.15, -0.1) is 0 Å². The molecule has 0 aliphatic carbocycles. The number of carbonyl (C=O) groups excluding carboxylic acids is 3. The van der Waals surface area contributed by atoms with Crippen molar-refractivity contribution in [3.8, 4) is 11.5 Å². The predicted molar refractivity (Wildman–Crippen MR) is 122 cm³/mol. The third kappa shape index (κ3) is 4.34. The van der Waals surface area contributed by atoms with E-state index in [-0.39, 0.29) is 37.4 Å². The molecule has 4 amide bonds.